The van der Waals surface area contributed by atoms with Crippen LogP contribution < -0.4 is 0 Å². The normalized spacial score (nSPS) is 14.8. The van der Waals surface area contributed by atoms with Crippen LogP contribution in [0.5, 0.6) is 0 Å². The summed E-state index contributed by atoms with van der Waals surface area (Å²) in [7, 11) is 3.36. The van der Waals surface area contributed by atoms with Gasteiger partial charge in [0.15, 0.2) is 0 Å². The van der Waals surface area contributed by atoms with Crippen LogP contribution in [0.1, 0.15) is 69.5 Å². The fourth-order valence-electron chi connectivity index (χ4n) is 10.2. The van der Waals surface area contributed by atoms with Crippen LogP contribution >= 0.6 is 161 Å². The third-order valence-corrected chi connectivity index (χ3v) is 29.5. The molecule has 7 nitrogen and oxygen atoms in total. The molecule has 0 aliphatic carbocycles. The van der Waals surface area contributed by atoms with Crippen molar-refractivity contribution in [3.63, 3.8) is 0 Å². The molecular weight excluding hydrogens is 1320 g/mol. The maximum atomic E-state index is 12.8. The van der Waals surface area contributed by atoms with Gasteiger partial charge in [-0.1, -0.05) is 75.7 Å². The van der Waals surface area contributed by atoms with Crippen LogP contribution in [0, 0.1) is 52.8 Å². The Hall–Kier alpha value is -5.49. The summed E-state index contributed by atoms with van der Waals surface area (Å²) < 4.78 is 3.51. The van der Waals surface area contributed by atoms with Crippen molar-refractivity contribution in [2.75, 3.05) is 14.1 Å². The van der Waals surface area contributed by atoms with Gasteiger partial charge in [0.05, 0.1) is 41.1 Å². The van der Waals surface area contributed by atoms with Crippen molar-refractivity contribution in [3.8, 4) is 97.6 Å². The van der Waals surface area contributed by atoms with Gasteiger partial charge >= 0.3 is 0 Å². The molecule has 0 atom stereocenters. The highest BCUT2D eigenvalue weighted by Gasteiger charge is 2.32. The largest absolute Gasteiger partial charge is 0.296 e. The van der Waals surface area contributed by atoms with Crippen LogP contribution in [0.4, 0.5) is 0 Å². The number of fused-ring (bicyclic) bond motifs is 2. The first kappa shape index (κ1) is 58.5. The second-order valence-electron chi connectivity index (χ2n) is 21.1. The highest BCUT2D eigenvalue weighted by molar-refractivity contribution is 8.27. The highest BCUT2D eigenvalue weighted by Crippen LogP contribution is 2.57. The van der Waals surface area contributed by atoms with E-state index in [4.69, 9.17) is 24.4 Å². The summed E-state index contributed by atoms with van der Waals surface area (Å²) >= 11 is 30.5. The molecule has 2 aliphatic rings. The van der Waals surface area contributed by atoms with Gasteiger partial charge in [-0.15, -0.1) is 113 Å². The number of carbonyl (C=O) groups excluding carboxylic acids is 2. The monoisotopic (exact) mass is 1360 g/mol. The zero-order chi connectivity index (χ0) is 59.3. The Morgan fingerprint density at radius 3 is 1.25 bits per heavy atom. The molecule has 420 valence electrons. The Kier molecular flexibility index (Phi) is 16.2. The fourth-order valence-corrected chi connectivity index (χ4v) is 24.9. The van der Waals surface area contributed by atoms with E-state index >= 15 is 0 Å². The molecular formula is C64H43N5O2S14. The summed E-state index contributed by atoms with van der Waals surface area (Å²) in [5.74, 6) is 0.753. The van der Waals surface area contributed by atoms with Crippen LogP contribution in [0.3, 0.4) is 0 Å². The second-order valence-corrected chi connectivity index (χ2v) is 35.3. The Labute approximate surface area is 550 Å². The number of rotatable bonds is 14. The average molecular weight is 1360 g/mol. The number of nitrogens with zero attached hydrogens (tertiary/aromatic N) is 5. The van der Waals surface area contributed by atoms with E-state index in [9.17, 15) is 25.4 Å². The molecule has 0 saturated carbocycles. The van der Waals surface area contributed by atoms with E-state index < -0.39 is 0 Å². The Bertz CT molecular complexity index is 4720. The van der Waals surface area contributed by atoms with E-state index in [1.54, 1.807) is 48.1 Å². The number of hydrogen-bond acceptors (Lipinski definition) is 19. The number of carbonyl (C=O) groups is 2. The van der Waals surface area contributed by atoms with Crippen molar-refractivity contribution in [3.05, 3.63) is 137 Å². The van der Waals surface area contributed by atoms with Crippen LogP contribution in [-0.2, 0) is 22.4 Å². The topological polar surface area (TPSA) is 112 Å². The van der Waals surface area contributed by atoms with Crippen LogP contribution in [0.2, 0.25) is 0 Å². The van der Waals surface area contributed by atoms with Crippen LogP contribution in [0.25, 0.3) is 112 Å². The summed E-state index contributed by atoms with van der Waals surface area (Å²) in [6, 6.07) is 37.9. The first-order valence-electron chi connectivity index (χ1n) is 26.5. The molecule has 2 aliphatic heterocycles. The number of thiophene rings is 10. The predicted molar refractivity (Wildman–Crippen MR) is 382 cm³/mol. The lowest BCUT2D eigenvalue weighted by Gasteiger charge is -2.10. The standard InChI is InChI=1S/C64H43N5O2S14/c1-29(2)16-35-8-10-41(74-35)53-39-24-49(47-18-31(5)55(80-47)43-12-13-44(78-43)56-32(26-65)19-37(76-56)22-51-61(70)68(6)63(72)84-51)82-59(39)54(42-11-9-36(75-42)17-30(3)4)40-25-50(83-60(40)53)48-21-34(28-67)58(81-48)46-15-14-45(79-46)57-33(27-66)20-38(77-57)23-52-62(71)69(7)64(73)85-52/h8-15,18-25,29-30H,16-17H2,1-7H3/b51-22-,52-23-. The summed E-state index contributed by atoms with van der Waals surface area (Å²) in [6.07, 6.45) is 5.67. The molecule has 0 spiro atoms. The van der Waals surface area contributed by atoms with Gasteiger partial charge in [-0.2, -0.15) is 15.8 Å². The van der Waals surface area contributed by atoms with Crippen molar-refractivity contribution in [1.29, 1.82) is 15.8 Å². The van der Waals surface area contributed by atoms with Crippen LogP contribution in [0.15, 0.2) is 94.7 Å². The van der Waals surface area contributed by atoms with Gasteiger partial charge in [-0.25, -0.2) is 0 Å². The third kappa shape index (κ3) is 11.0. The number of thioether (sulfide) groups is 2. The maximum absolute atomic E-state index is 12.8. The maximum Gasteiger partial charge on any atom is 0.265 e. The van der Waals surface area contributed by atoms with E-state index in [1.165, 1.54) is 127 Å². The molecule has 0 bridgehead atoms. The molecule has 10 aromatic heterocycles. The number of amides is 2. The zero-order valence-corrected chi connectivity index (χ0v) is 57.5. The third-order valence-electron chi connectivity index (χ3n) is 14.1. The molecule has 21 heteroatoms. The van der Waals surface area contributed by atoms with Gasteiger partial charge in [0.2, 0.25) is 0 Å². The number of nitriles is 3. The molecule has 0 unspecified atom stereocenters. The van der Waals surface area contributed by atoms with Crippen molar-refractivity contribution in [2.24, 2.45) is 11.8 Å². The summed E-state index contributed by atoms with van der Waals surface area (Å²) in [6.45, 7) is 11.3. The lowest BCUT2D eigenvalue weighted by atomic mass is 9.99. The van der Waals surface area contributed by atoms with E-state index in [0.717, 1.165) is 66.5 Å². The molecule has 0 radical (unpaired) electrons. The minimum Gasteiger partial charge on any atom is -0.296 e. The first-order valence-corrected chi connectivity index (χ1v) is 37.1. The van der Waals surface area contributed by atoms with Gasteiger partial charge < -0.3 is 0 Å². The first-order chi connectivity index (χ1) is 40.9. The Morgan fingerprint density at radius 1 is 0.459 bits per heavy atom. The van der Waals surface area contributed by atoms with Gasteiger partial charge in [-0.3, -0.25) is 19.4 Å². The van der Waals surface area contributed by atoms with Gasteiger partial charge in [0.1, 0.15) is 26.8 Å². The lowest BCUT2D eigenvalue weighted by Crippen LogP contribution is -2.22. The van der Waals surface area contributed by atoms with E-state index in [0.29, 0.717) is 47.0 Å². The summed E-state index contributed by atoms with van der Waals surface area (Å²) in [5.41, 5.74) is 5.43. The van der Waals surface area contributed by atoms with Crippen molar-refractivity contribution < 1.29 is 9.59 Å². The smallest absolute Gasteiger partial charge is 0.265 e. The molecule has 12 heterocycles. The lowest BCUT2D eigenvalue weighted by molar-refractivity contribution is -0.122. The minimum atomic E-state index is -0.147. The van der Waals surface area contributed by atoms with E-state index in [1.807, 2.05) is 87.0 Å². The zero-order valence-electron chi connectivity index (χ0n) is 46.1. The quantitative estimate of drug-likeness (QED) is 0.0776. The molecule has 11 aromatic rings. The van der Waals surface area contributed by atoms with Crippen LogP contribution in [-0.4, -0.2) is 44.4 Å². The minimum absolute atomic E-state index is 0.126. The SMILES string of the molecule is Cc1cc(-c2cc3c(-c4ccc(CC(C)C)s4)c4sc(-c5cc(C#N)c(-c6ccc(-c7sc(/C=C8\SC(=S)N(C)C8=O)cc7C#N)s6)s5)cc4c(-c4ccc(CC(C)C)s4)c3s2)sc1-c1ccc(-c2sc(/C=C3\SC(=S)N(C)C3=O)cc2C#N)s1. The van der Waals surface area contributed by atoms with Gasteiger partial charge in [0, 0.05) is 119 Å². The van der Waals surface area contributed by atoms with Crippen molar-refractivity contribution in [1.82, 2.24) is 9.80 Å². The average Bonchev–Trinajstić information content (AvgIpc) is 1.84. The highest BCUT2D eigenvalue weighted by atomic mass is 32.2. The summed E-state index contributed by atoms with van der Waals surface area (Å²) in [5, 5.41) is 33.8. The predicted octanol–water partition coefficient (Wildman–Crippen LogP) is 21.9. The van der Waals surface area contributed by atoms with E-state index in [-0.39, 0.29) is 11.8 Å². The number of likely N-dealkylation sites (N-methyl/N-ethyl adjacent to an activating group) is 2. The second kappa shape index (κ2) is 23.6. The molecule has 0 N–H and O–H groups in total. The summed E-state index contributed by atoms with van der Waals surface area (Å²) in [4.78, 5) is 49.0. The number of aryl methyl sites for hydroxylation is 1. The van der Waals surface area contributed by atoms with Crippen molar-refractivity contribution >= 4 is 214 Å². The molecule has 85 heavy (non-hydrogen) atoms. The molecule has 2 amide bonds. The number of hydrogen-bond donors (Lipinski definition) is 0. The number of thiocarbonyl (C=S) groups is 2. The molecule has 2 fully saturated rings. The Balaban J connectivity index is 0.909. The van der Waals surface area contributed by atoms with Crippen molar-refractivity contribution in [2.45, 2.75) is 47.5 Å². The Morgan fingerprint density at radius 2 is 0.835 bits per heavy atom. The van der Waals surface area contributed by atoms with E-state index in [2.05, 4.69) is 120 Å². The fraction of sp³-hybridized carbons (Fsp3) is 0.172. The number of benzene rings is 1. The molecule has 2 saturated heterocycles. The molecule has 1 aromatic carbocycles. The van der Waals surface area contributed by atoms with Gasteiger partial charge in [0.25, 0.3) is 11.8 Å². The van der Waals surface area contributed by atoms with Gasteiger partial charge in [-0.05, 0) is 134 Å². The molecule has 13 rings (SSSR count).